The molecular formula is C51H84IN5O14. The number of carbonyl (C=O) groups is 6. The van der Waals surface area contributed by atoms with Crippen LogP contribution in [0.2, 0.25) is 0 Å². The Morgan fingerprint density at radius 3 is 2.21 bits per heavy atom. The van der Waals surface area contributed by atoms with Gasteiger partial charge in [-0.15, -0.1) is 0 Å². The lowest BCUT2D eigenvalue weighted by Gasteiger charge is -2.40. The number of methoxy groups -OCH3 is 1. The van der Waals surface area contributed by atoms with Crippen LogP contribution in [0.3, 0.4) is 0 Å². The quantitative estimate of drug-likeness (QED) is 0.0211. The molecule has 2 aliphatic rings. The molecule has 0 aromatic heterocycles. The van der Waals surface area contributed by atoms with E-state index in [1.54, 1.807) is 67.3 Å². The highest BCUT2D eigenvalue weighted by Gasteiger charge is 2.51. The summed E-state index contributed by atoms with van der Waals surface area (Å²) < 4.78 is 29.1. The third-order valence-electron chi connectivity index (χ3n) is 14.0. The maximum absolute atomic E-state index is 14.5. The maximum atomic E-state index is 14.5. The van der Waals surface area contributed by atoms with Crippen LogP contribution in [0, 0.1) is 29.1 Å². The van der Waals surface area contributed by atoms with Crippen molar-refractivity contribution in [1.29, 1.82) is 0 Å². The second kappa shape index (κ2) is 27.9. The van der Waals surface area contributed by atoms with Gasteiger partial charge >= 0.3 is 17.7 Å². The lowest BCUT2D eigenvalue weighted by molar-refractivity contribution is -0.170. The molecule has 404 valence electrons. The average Bonchev–Trinajstić information content (AvgIpc) is 3.51. The first kappa shape index (κ1) is 63.2. The summed E-state index contributed by atoms with van der Waals surface area (Å²) in [6.45, 7) is 29.2. The minimum atomic E-state index is -2.07. The molecule has 0 aromatic rings. The van der Waals surface area contributed by atoms with E-state index >= 15 is 0 Å². The maximum Gasteiger partial charge on any atom is 0.315 e. The number of ketones is 2. The van der Waals surface area contributed by atoms with E-state index < -0.39 is 101 Å². The SMILES string of the molecule is C=C1C(=O)[C@@](C)(O/C=C/[C@H](OC)[C@@H](C)[C@@H](OC(=O)CC(=O)NCCC(=O)OCC)[C@H](C)[C@H](O)[C@H](C)[C@H](C)O)O/C1=C(\C)C1(O)CC(=O)/C(NC(=O)C(C)(C)C(C)C)=C(\C)NCCN(CC(C)I)CCN1C. The first-order valence-electron chi connectivity index (χ1n) is 24.5. The van der Waals surface area contributed by atoms with E-state index in [0.29, 0.717) is 35.8 Å². The van der Waals surface area contributed by atoms with Gasteiger partial charge in [0.2, 0.25) is 17.6 Å². The van der Waals surface area contributed by atoms with Gasteiger partial charge in [-0.2, -0.15) is 0 Å². The number of nitrogens with zero attached hydrogens (tertiary/aromatic N) is 2. The van der Waals surface area contributed by atoms with Crippen molar-refractivity contribution in [1.82, 2.24) is 25.8 Å². The molecule has 1 saturated heterocycles. The number of carbonyl (C=O) groups excluding carboxylic acids is 6. The first-order chi connectivity index (χ1) is 32.9. The largest absolute Gasteiger partial charge is 0.466 e. The predicted molar refractivity (Wildman–Crippen MR) is 276 cm³/mol. The molecule has 2 amide bonds. The molecule has 0 bridgehead atoms. The third-order valence-corrected chi connectivity index (χ3v) is 14.4. The lowest BCUT2D eigenvalue weighted by atomic mass is 9.80. The number of nitrogens with one attached hydrogen (secondary N) is 3. The summed E-state index contributed by atoms with van der Waals surface area (Å²) in [6.07, 6.45) is -2.76. The molecule has 19 nitrogen and oxygen atoms in total. The van der Waals surface area contributed by atoms with Crippen LogP contribution in [0.15, 0.2) is 47.2 Å². The summed E-state index contributed by atoms with van der Waals surface area (Å²) in [5.74, 6) is -8.06. The number of aliphatic hydroxyl groups is 3. The van der Waals surface area contributed by atoms with Gasteiger partial charge in [-0.3, -0.25) is 38.6 Å². The summed E-state index contributed by atoms with van der Waals surface area (Å²) in [4.78, 5) is 83.7. The highest BCUT2D eigenvalue weighted by molar-refractivity contribution is 14.1. The normalized spacial score (nSPS) is 25.3. The zero-order valence-corrected chi connectivity index (χ0v) is 46.9. The van der Waals surface area contributed by atoms with Crippen molar-refractivity contribution < 1.29 is 67.8 Å². The zero-order chi connectivity index (χ0) is 54.3. The summed E-state index contributed by atoms with van der Waals surface area (Å²) in [7, 11) is 3.07. The molecule has 0 saturated carbocycles. The van der Waals surface area contributed by atoms with E-state index in [2.05, 4.69) is 56.9 Å². The van der Waals surface area contributed by atoms with Crippen molar-refractivity contribution >= 4 is 57.9 Å². The molecule has 2 aliphatic heterocycles. The minimum absolute atomic E-state index is 0.0110. The van der Waals surface area contributed by atoms with E-state index in [1.807, 2.05) is 13.8 Å². The van der Waals surface area contributed by atoms with Crippen molar-refractivity contribution in [3.63, 3.8) is 0 Å². The van der Waals surface area contributed by atoms with Crippen molar-refractivity contribution in [2.24, 2.45) is 29.1 Å². The van der Waals surface area contributed by atoms with Crippen molar-refractivity contribution in [2.75, 3.05) is 60.0 Å². The van der Waals surface area contributed by atoms with Crippen molar-refractivity contribution in [2.45, 2.75) is 149 Å². The number of amides is 2. The molecular weight excluding hydrogens is 1030 g/mol. The van der Waals surface area contributed by atoms with Crippen LogP contribution < -0.4 is 16.0 Å². The fourth-order valence-corrected chi connectivity index (χ4v) is 8.67. The van der Waals surface area contributed by atoms with Gasteiger partial charge in [-0.1, -0.05) is 84.6 Å². The Balaban J connectivity index is 2.55. The van der Waals surface area contributed by atoms with E-state index in [-0.39, 0.29) is 54.0 Å². The van der Waals surface area contributed by atoms with Gasteiger partial charge in [0.25, 0.3) is 0 Å². The number of Topliss-reactive ketones (excluding diaryl/α,β-unsaturated/α-hetero) is 2. The first-order valence-corrected chi connectivity index (χ1v) is 25.7. The van der Waals surface area contributed by atoms with Gasteiger partial charge in [0, 0.05) is 91.7 Å². The number of aliphatic hydroxyl groups excluding tert-OH is 2. The van der Waals surface area contributed by atoms with Crippen LogP contribution in [0.5, 0.6) is 0 Å². The Bertz CT molecular complexity index is 1990. The number of hydrogen-bond acceptors (Lipinski definition) is 17. The van der Waals surface area contributed by atoms with Gasteiger partial charge in [0.1, 0.15) is 24.0 Å². The average molecular weight is 1120 g/mol. The number of rotatable bonds is 23. The molecule has 0 spiro atoms. The molecule has 6 N–H and O–H groups in total. The molecule has 20 heteroatoms. The molecule has 0 aliphatic carbocycles. The fraction of sp³-hybridized carbons (Fsp3) is 0.725. The van der Waals surface area contributed by atoms with E-state index in [1.165, 1.54) is 33.3 Å². The van der Waals surface area contributed by atoms with Crippen LogP contribution in [0.4, 0.5) is 0 Å². The Kier molecular flexibility index (Phi) is 24.9. The highest BCUT2D eigenvalue weighted by Crippen LogP contribution is 2.41. The van der Waals surface area contributed by atoms with Gasteiger partial charge in [-0.05, 0) is 46.7 Å². The van der Waals surface area contributed by atoms with Crippen LogP contribution in [-0.4, -0.2) is 160 Å². The summed E-state index contributed by atoms with van der Waals surface area (Å²) >= 11 is 2.36. The fourth-order valence-electron chi connectivity index (χ4n) is 8.11. The van der Waals surface area contributed by atoms with E-state index in [4.69, 9.17) is 23.7 Å². The van der Waals surface area contributed by atoms with Gasteiger partial charge in [0.05, 0.1) is 49.6 Å². The molecule has 0 aromatic carbocycles. The smallest absolute Gasteiger partial charge is 0.315 e. The number of esters is 2. The highest BCUT2D eigenvalue weighted by atomic mass is 127. The summed E-state index contributed by atoms with van der Waals surface area (Å²) in [5.41, 5.74) is -2.48. The number of alkyl halides is 1. The Morgan fingerprint density at radius 1 is 1.01 bits per heavy atom. The predicted octanol–water partition coefficient (Wildman–Crippen LogP) is 4.04. The van der Waals surface area contributed by atoms with Crippen LogP contribution in [0.1, 0.15) is 109 Å². The van der Waals surface area contributed by atoms with Gasteiger partial charge in [-0.25, -0.2) is 0 Å². The van der Waals surface area contributed by atoms with Crippen molar-refractivity contribution in [3.05, 3.63) is 47.2 Å². The molecule has 0 radical (unpaired) electrons. The number of hydrogen-bond donors (Lipinski definition) is 6. The number of halogens is 1. The van der Waals surface area contributed by atoms with Gasteiger partial charge in [0.15, 0.2) is 11.5 Å². The molecule has 71 heavy (non-hydrogen) atoms. The molecule has 2 unspecified atom stereocenters. The molecule has 2 heterocycles. The van der Waals surface area contributed by atoms with E-state index in [9.17, 15) is 44.1 Å². The van der Waals surface area contributed by atoms with Crippen LogP contribution in [0.25, 0.3) is 0 Å². The number of ether oxygens (including phenoxy) is 5. The van der Waals surface area contributed by atoms with Gasteiger partial charge < -0.3 is 55.0 Å². The van der Waals surface area contributed by atoms with Crippen LogP contribution in [-0.2, 0) is 52.5 Å². The Labute approximate surface area is 435 Å². The minimum Gasteiger partial charge on any atom is -0.466 e. The number of allylic oxidation sites excluding steroid dienone is 3. The zero-order valence-electron chi connectivity index (χ0n) is 44.7. The summed E-state index contributed by atoms with van der Waals surface area (Å²) in [6, 6.07) is 0. The van der Waals surface area contributed by atoms with Crippen LogP contribution >= 0.6 is 22.6 Å². The molecule has 10 atom stereocenters. The Hall–Kier alpha value is -3.93. The monoisotopic (exact) mass is 1120 g/mol. The second-order valence-electron chi connectivity index (χ2n) is 20.0. The summed E-state index contributed by atoms with van der Waals surface area (Å²) in [5, 5.41) is 43.1. The molecule has 1 fully saturated rings. The number of likely N-dealkylation sites (N-methyl/N-ethyl adjacent to an activating group) is 1. The third kappa shape index (κ3) is 17.3. The lowest BCUT2D eigenvalue weighted by Crippen LogP contribution is -2.53. The standard InChI is InChI=1S/C51H84IN5O14/c1-17-68-41(61)18-20-54-40(60)26-42(62)70-45(33(7)44(63)31(5)37(11)58)32(6)39(67-16)19-25-69-50(14)47(64)34(8)46(71-50)35(9)51(66)27-38(59)43(55-48(65)49(12,13)29(2)3)36(10)53-21-22-57(28-30(4)52)24-23-56(51)15/h19,25,29-33,37,39,44-45,53,58,63,66H,8,17-18,20-24,26-28H2,1-7,9-16H3,(H,54,60)(H,55,65)/b25-19+,43-36-,46-35+/t30?,31-,32-,33-,37+,39+,44-,45-,50+,51?/m1/s1. The Morgan fingerprint density at radius 2 is 1.65 bits per heavy atom. The topological polar surface area (TPSA) is 252 Å². The molecule has 2 rings (SSSR count). The second-order valence-corrected chi connectivity index (χ2v) is 22.1. The van der Waals surface area contributed by atoms with E-state index in [0.717, 1.165) is 6.54 Å². The van der Waals surface area contributed by atoms with Crippen molar-refractivity contribution in [3.8, 4) is 0 Å².